The van der Waals surface area contributed by atoms with Crippen LogP contribution in [0, 0.1) is 5.92 Å². The standard InChI is InChI=1S/C13H18O/c1-12(2)8-10-14-11-9-13-6-4-3-5-7-13/h3-7,9,11-12H,8,10H2,1-2H3. The molecule has 0 aromatic heterocycles. The second-order valence-electron chi connectivity index (χ2n) is 3.77. The van der Waals surface area contributed by atoms with Gasteiger partial charge in [0.15, 0.2) is 0 Å². The molecule has 0 amide bonds. The maximum atomic E-state index is 5.37. The van der Waals surface area contributed by atoms with E-state index in [0.29, 0.717) is 5.92 Å². The lowest BCUT2D eigenvalue weighted by molar-refractivity contribution is 0.231. The molecule has 0 fully saturated rings. The van der Waals surface area contributed by atoms with Crippen molar-refractivity contribution >= 4 is 6.08 Å². The Bertz CT molecular complexity index is 262. The third-order valence-electron chi connectivity index (χ3n) is 1.97. The molecular formula is C13H18O. The predicted octanol–water partition coefficient (Wildman–Crippen LogP) is 3.72. The molecule has 1 rings (SSSR count). The summed E-state index contributed by atoms with van der Waals surface area (Å²) in [6, 6.07) is 10.2. The SMILES string of the molecule is CC(C)CCOC=Cc1ccccc1. The van der Waals surface area contributed by atoms with E-state index in [1.165, 1.54) is 5.56 Å². The minimum absolute atomic E-state index is 0.708. The van der Waals surface area contributed by atoms with Gasteiger partial charge in [0.2, 0.25) is 0 Å². The van der Waals surface area contributed by atoms with E-state index in [9.17, 15) is 0 Å². The van der Waals surface area contributed by atoms with Crippen molar-refractivity contribution in [2.24, 2.45) is 5.92 Å². The van der Waals surface area contributed by atoms with Crippen LogP contribution in [0.2, 0.25) is 0 Å². The fourth-order valence-electron chi connectivity index (χ4n) is 1.06. The van der Waals surface area contributed by atoms with Crippen LogP contribution in [0.5, 0.6) is 0 Å². The first-order valence-electron chi connectivity index (χ1n) is 5.12. The minimum Gasteiger partial charge on any atom is -0.501 e. The average Bonchev–Trinajstić information content (AvgIpc) is 2.18. The zero-order valence-electron chi connectivity index (χ0n) is 8.94. The zero-order valence-corrected chi connectivity index (χ0v) is 8.94. The summed E-state index contributed by atoms with van der Waals surface area (Å²) in [5.74, 6) is 0.708. The van der Waals surface area contributed by atoms with Crippen molar-refractivity contribution in [3.63, 3.8) is 0 Å². The van der Waals surface area contributed by atoms with E-state index in [1.54, 1.807) is 6.26 Å². The Morgan fingerprint density at radius 1 is 1.21 bits per heavy atom. The van der Waals surface area contributed by atoms with Gasteiger partial charge in [-0.3, -0.25) is 0 Å². The van der Waals surface area contributed by atoms with Crippen molar-refractivity contribution < 1.29 is 4.74 Å². The Morgan fingerprint density at radius 3 is 2.57 bits per heavy atom. The van der Waals surface area contributed by atoms with Crippen LogP contribution in [0.15, 0.2) is 36.6 Å². The number of ether oxygens (including phenoxy) is 1. The summed E-state index contributed by atoms with van der Waals surface area (Å²) in [6.45, 7) is 5.20. The normalized spacial score (nSPS) is 11.1. The van der Waals surface area contributed by atoms with Gasteiger partial charge in [-0.1, -0.05) is 44.2 Å². The van der Waals surface area contributed by atoms with E-state index in [-0.39, 0.29) is 0 Å². The molecule has 1 nitrogen and oxygen atoms in total. The molecule has 0 aliphatic heterocycles. The number of rotatable bonds is 5. The lowest BCUT2D eigenvalue weighted by Crippen LogP contribution is -1.93. The molecule has 0 spiro atoms. The van der Waals surface area contributed by atoms with Crippen LogP contribution in [0.3, 0.4) is 0 Å². The monoisotopic (exact) mass is 190 g/mol. The van der Waals surface area contributed by atoms with E-state index in [1.807, 2.05) is 24.3 Å². The lowest BCUT2D eigenvalue weighted by Gasteiger charge is -2.03. The quantitative estimate of drug-likeness (QED) is 0.508. The highest BCUT2D eigenvalue weighted by atomic mass is 16.5. The summed E-state index contributed by atoms with van der Waals surface area (Å²) in [7, 11) is 0. The van der Waals surface area contributed by atoms with Crippen LogP contribution in [0.4, 0.5) is 0 Å². The van der Waals surface area contributed by atoms with Crippen molar-refractivity contribution in [1.29, 1.82) is 0 Å². The van der Waals surface area contributed by atoms with E-state index in [0.717, 1.165) is 13.0 Å². The Labute approximate surface area is 86.4 Å². The summed E-state index contributed by atoms with van der Waals surface area (Å²) < 4.78 is 5.37. The first-order valence-corrected chi connectivity index (χ1v) is 5.12. The minimum atomic E-state index is 0.708. The van der Waals surface area contributed by atoms with Crippen molar-refractivity contribution in [1.82, 2.24) is 0 Å². The Kier molecular flexibility index (Phi) is 4.84. The van der Waals surface area contributed by atoms with Gasteiger partial charge in [0.05, 0.1) is 12.9 Å². The van der Waals surface area contributed by atoms with Crippen LogP contribution in [0.25, 0.3) is 6.08 Å². The van der Waals surface area contributed by atoms with Crippen molar-refractivity contribution in [3.8, 4) is 0 Å². The molecule has 0 aliphatic rings. The molecule has 0 bridgehead atoms. The highest BCUT2D eigenvalue weighted by molar-refractivity contribution is 5.47. The van der Waals surface area contributed by atoms with Gasteiger partial charge < -0.3 is 4.74 Å². The highest BCUT2D eigenvalue weighted by Crippen LogP contribution is 2.02. The molecule has 0 saturated heterocycles. The summed E-state index contributed by atoms with van der Waals surface area (Å²) in [5.41, 5.74) is 1.18. The first kappa shape index (κ1) is 10.8. The first-order chi connectivity index (χ1) is 6.79. The van der Waals surface area contributed by atoms with Crippen LogP contribution in [-0.4, -0.2) is 6.61 Å². The molecule has 1 aromatic carbocycles. The van der Waals surface area contributed by atoms with E-state index >= 15 is 0 Å². The molecule has 1 aromatic rings. The molecular weight excluding hydrogens is 172 g/mol. The molecule has 0 saturated carbocycles. The fourth-order valence-corrected chi connectivity index (χ4v) is 1.06. The summed E-state index contributed by atoms with van der Waals surface area (Å²) in [6.07, 6.45) is 4.87. The lowest BCUT2D eigenvalue weighted by atomic mass is 10.1. The molecule has 1 heteroatoms. The molecule has 0 heterocycles. The Morgan fingerprint density at radius 2 is 1.93 bits per heavy atom. The van der Waals surface area contributed by atoms with E-state index in [4.69, 9.17) is 4.74 Å². The molecule has 0 aliphatic carbocycles. The zero-order chi connectivity index (χ0) is 10.2. The van der Waals surface area contributed by atoms with E-state index < -0.39 is 0 Å². The van der Waals surface area contributed by atoms with Gasteiger partial charge in [-0.2, -0.15) is 0 Å². The Hall–Kier alpha value is -1.24. The molecule has 0 atom stereocenters. The predicted molar refractivity (Wildman–Crippen MR) is 60.9 cm³/mol. The summed E-state index contributed by atoms with van der Waals surface area (Å²) >= 11 is 0. The molecule has 76 valence electrons. The van der Waals surface area contributed by atoms with Gasteiger partial charge >= 0.3 is 0 Å². The highest BCUT2D eigenvalue weighted by Gasteiger charge is 1.91. The second-order valence-corrected chi connectivity index (χ2v) is 3.77. The third-order valence-corrected chi connectivity index (χ3v) is 1.97. The van der Waals surface area contributed by atoms with Crippen molar-refractivity contribution in [2.45, 2.75) is 20.3 Å². The molecule has 14 heavy (non-hydrogen) atoms. The average molecular weight is 190 g/mol. The molecule has 0 radical (unpaired) electrons. The number of benzene rings is 1. The smallest absolute Gasteiger partial charge is 0.0875 e. The van der Waals surface area contributed by atoms with Crippen LogP contribution >= 0.6 is 0 Å². The maximum absolute atomic E-state index is 5.37. The van der Waals surface area contributed by atoms with Gasteiger partial charge in [-0.15, -0.1) is 0 Å². The van der Waals surface area contributed by atoms with Crippen molar-refractivity contribution in [2.75, 3.05) is 6.61 Å². The summed E-state index contributed by atoms with van der Waals surface area (Å²) in [5, 5.41) is 0. The topological polar surface area (TPSA) is 9.23 Å². The van der Waals surface area contributed by atoms with Gasteiger partial charge in [0.1, 0.15) is 0 Å². The van der Waals surface area contributed by atoms with Crippen LogP contribution in [-0.2, 0) is 4.74 Å². The third kappa shape index (κ3) is 4.70. The Balaban J connectivity index is 2.21. The largest absolute Gasteiger partial charge is 0.501 e. The number of hydrogen-bond donors (Lipinski definition) is 0. The molecule has 0 N–H and O–H groups in total. The summed E-state index contributed by atoms with van der Waals surface area (Å²) in [4.78, 5) is 0. The van der Waals surface area contributed by atoms with E-state index in [2.05, 4.69) is 26.0 Å². The van der Waals surface area contributed by atoms with Gasteiger partial charge in [0, 0.05) is 0 Å². The molecule has 0 unspecified atom stereocenters. The van der Waals surface area contributed by atoms with Gasteiger partial charge in [0.25, 0.3) is 0 Å². The van der Waals surface area contributed by atoms with Crippen molar-refractivity contribution in [3.05, 3.63) is 42.2 Å². The second kappa shape index (κ2) is 6.25. The van der Waals surface area contributed by atoms with Gasteiger partial charge in [-0.05, 0) is 24.0 Å². The fraction of sp³-hybridized carbons (Fsp3) is 0.385. The maximum Gasteiger partial charge on any atom is 0.0875 e. The van der Waals surface area contributed by atoms with Gasteiger partial charge in [-0.25, -0.2) is 0 Å². The number of hydrogen-bond acceptors (Lipinski definition) is 1. The van der Waals surface area contributed by atoms with Crippen LogP contribution in [0.1, 0.15) is 25.8 Å². The van der Waals surface area contributed by atoms with Crippen LogP contribution < -0.4 is 0 Å².